The maximum absolute atomic E-state index is 5.71. The molecule has 0 bridgehead atoms. The normalized spacial score (nSPS) is 11.1. The Morgan fingerprint density at radius 2 is 2.13 bits per heavy atom. The van der Waals surface area contributed by atoms with Gasteiger partial charge in [-0.25, -0.2) is 4.98 Å². The van der Waals surface area contributed by atoms with Crippen LogP contribution in [0.2, 0.25) is 0 Å². The van der Waals surface area contributed by atoms with E-state index in [0.717, 1.165) is 30.7 Å². The van der Waals surface area contributed by atoms with Crippen molar-refractivity contribution in [2.24, 2.45) is 0 Å². The van der Waals surface area contributed by atoms with Gasteiger partial charge in [-0.05, 0) is 25.5 Å². The maximum Gasteiger partial charge on any atom is 0.109 e. The zero-order chi connectivity index (χ0) is 10.7. The highest BCUT2D eigenvalue weighted by molar-refractivity contribution is 6.17. The zero-order valence-corrected chi connectivity index (χ0v) is 9.67. The topological polar surface area (TPSA) is 17.8 Å². The van der Waals surface area contributed by atoms with Crippen molar-refractivity contribution >= 4 is 22.6 Å². The standard InChI is InChI=1S/C12H15ClN2/c1-2-15-11-7-4-3-6-10(11)14-12(15)8-5-9-13/h3-4,6-7H,2,5,8-9H2,1H3. The number of hydrogen-bond acceptors (Lipinski definition) is 1. The van der Waals surface area contributed by atoms with E-state index in [1.54, 1.807) is 0 Å². The second-order valence-electron chi connectivity index (χ2n) is 3.55. The van der Waals surface area contributed by atoms with E-state index in [1.807, 2.05) is 6.07 Å². The summed E-state index contributed by atoms with van der Waals surface area (Å²) in [7, 11) is 0. The van der Waals surface area contributed by atoms with Crippen molar-refractivity contribution in [3.05, 3.63) is 30.1 Å². The number of hydrogen-bond donors (Lipinski definition) is 0. The van der Waals surface area contributed by atoms with E-state index in [0.29, 0.717) is 5.88 Å². The first-order chi connectivity index (χ1) is 7.36. The molecular formula is C12H15ClN2. The van der Waals surface area contributed by atoms with Crippen LogP contribution in [0.1, 0.15) is 19.2 Å². The smallest absolute Gasteiger partial charge is 0.109 e. The quantitative estimate of drug-likeness (QED) is 0.727. The molecule has 0 spiro atoms. The van der Waals surface area contributed by atoms with Gasteiger partial charge in [0.25, 0.3) is 0 Å². The van der Waals surface area contributed by atoms with E-state index in [-0.39, 0.29) is 0 Å². The van der Waals surface area contributed by atoms with Crippen molar-refractivity contribution < 1.29 is 0 Å². The minimum atomic E-state index is 0.701. The molecule has 3 heteroatoms. The largest absolute Gasteiger partial charge is 0.328 e. The first kappa shape index (κ1) is 10.5. The highest BCUT2D eigenvalue weighted by Gasteiger charge is 2.07. The molecule has 0 unspecified atom stereocenters. The molecule has 0 N–H and O–H groups in total. The van der Waals surface area contributed by atoms with Crippen molar-refractivity contribution in [3.63, 3.8) is 0 Å². The molecule has 1 aromatic carbocycles. The molecule has 0 radical (unpaired) electrons. The minimum absolute atomic E-state index is 0.701. The predicted octanol–water partition coefficient (Wildman–Crippen LogP) is 3.23. The van der Waals surface area contributed by atoms with E-state index in [9.17, 15) is 0 Å². The van der Waals surface area contributed by atoms with Crippen molar-refractivity contribution in [1.82, 2.24) is 9.55 Å². The van der Waals surface area contributed by atoms with Crippen LogP contribution in [0.4, 0.5) is 0 Å². The molecule has 2 rings (SSSR count). The van der Waals surface area contributed by atoms with Crippen LogP contribution in [0.3, 0.4) is 0 Å². The summed E-state index contributed by atoms with van der Waals surface area (Å²) >= 11 is 5.71. The number of alkyl halides is 1. The molecule has 0 fully saturated rings. The van der Waals surface area contributed by atoms with Gasteiger partial charge in [0.1, 0.15) is 5.82 Å². The van der Waals surface area contributed by atoms with Crippen molar-refractivity contribution in [3.8, 4) is 0 Å². The van der Waals surface area contributed by atoms with Crippen LogP contribution in [-0.4, -0.2) is 15.4 Å². The molecule has 15 heavy (non-hydrogen) atoms. The Labute approximate surface area is 94.9 Å². The molecule has 2 nitrogen and oxygen atoms in total. The highest BCUT2D eigenvalue weighted by Crippen LogP contribution is 2.16. The van der Waals surface area contributed by atoms with Gasteiger partial charge in [-0.1, -0.05) is 12.1 Å². The Kier molecular flexibility index (Phi) is 3.27. The summed E-state index contributed by atoms with van der Waals surface area (Å²) < 4.78 is 2.27. The van der Waals surface area contributed by atoms with E-state index in [2.05, 4.69) is 34.7 Å². The van der Waals surface area contributed by atoms with E-state index < -0.39 is 0 Å². The van der Waals surface area contributed by atoms with Crippen LogP contribution < -0.4 is 0 Å². The molecule has 2 aromatic rings. The summed E-state index contributed by atoms with van der Waals surface area (Å²) in [6, 6.07) is 8.27. The molecule has 0 aliphatic heterocycles. The fraction of sp³-hybridized carbons (Fsp3) is 0.417. The van der Waals surface area contributed by atoms with E-state index in [4.69, 9.17) is 11.6 Å². The number of aryl methyl sites for hydroxylation is 2. The van der Waals surface area contributed by atoms with Crippen LogP contribution in [0.25, 0.3) is 11.0 Å². The first-order valence-corrected chi connectivity index (χ1v) is 5.90. The highest BCUT2D eigenvalue weighted by atomic mass is 35.5. The second kappa shape index (κ2) is 4.67. The van der Waals surface area contributed by atoms with Gasteiger partial charge in [-0.15, -0.1) is 11.6 Å². The van der Waals surface area contributed by atoms with Gasteiger partial charge in [0, 0.05) is 18.8 Å². The first-order valence-electron chi connectivity index (χ1n) is 5.37. The number of imidazole rings is 1. The molecule has 0 saturated carbocycles. The number of aromatic nitrogens is 2. The molecule has 0 atom stereocenters. The lowest BCUT2D eigenvalue weighted by atomic mass is 10.3. The molecule has 0 aliphatic rings. The molecule has 80 valence electrons. The SMILES string of the molecule is CCn1c(CCCCl)nc2ccccc21. The lowest BCUT2D eigenvalue weighted by Gasteiger charge is -2.04. The maximum atomic E-state index is 5.71. The lowest BCUT2D eigenvalue weighted by Crippen LogP contribution is -2.01. The molecule has 1 aromatic heterocycles. The summed E-state index contributed by atoms with van der Waals surface area (Å²) in [5, 5.41) is 0. The predicted molar refractivity (Wildman–Crippen MR) is 64.4 cm³/mol. The Morgan fingerprint density at radius 1 is 1.33 bits per heavy atom. The van der Waals surface area contributed by atoms with Crippen molar-refractivity contribution in [2.45, 2.75) is 26.3 Å². The van der Waals surface area contributed by atoms with Crippen molar-refractivity contribution in [1.29, 1.82) is 0 Å². The van der Waals surface area contributed by atoms with Crippen LogP contribution >= 0.6 is 11.6 Å². The Hall–Kier alpha value is -1.02. The minimum Gasteiger partial charge on any atom is -0.328 e. The number of benzene rings is 1. The number of rotatable bonds is 4. The van der Waals surface area contributed by atoms with Crippen molar-refractivity contribution in [2.75, 3.05) is 5.88 Å². The van der Waals surface area contributed by atoms with Gasteiger partial charge in [-0.2, -0.15) is 0 Å². The fourth-order valence-electron chi connectivity index (χ4n) is 1.89. The zero-order valence-electron chi connectivity index (χ0n) is 8.91. The Bertz CT molecular complexity index is 448. The Morgan fingerprint density at radius 3 is 2.87 bits per heavy atom. The van der Waals surface area contributed by atoms with Gasteiger partial charge >= 0.3 is 0 Å². The van der Waals surface area contributed by atoms with Crippen LogP contribution in [0.5, 0.6) is 0 Å². The molecule has 0 saturated heterocycles. The summed E-state index contributed by atoms with van der Waals surface area (Å²) in [6.07, 6.45) is 1.96. The number of fused-ring (bicyclic) bond motifs is 1. The van der Waals surface area contributed by atoms with Gasteiger partial charge < -0.3 is 4.57 Å². The van der Waals surface area contributed by atoms with Gasteiger partial charge in [0.15, 0.2) is 0 Å². The average molecular weight is 223 g/mol. The monoisotopic (exact) mass is 222 g/mol. The summed E-state index contributed by atoms with van der Waals surface area (Å²) in [5.41, 5.74) is 2.31. The third-order valence-corrected chi connectivity index (χ3v) is 2.85. The summed E-state index contributed by atoms with van der Waals surface area (Å²) in [6.45, 7) is 3.12. The van der Waals surface area contributed by atoms with Crippen LogP contribution in [0, 0.1) is 0 Å². The number of para-hydroxylation sites is 2. The van der Waals surface area contributed by atoms with Gasteiger partial charge in [0.2, 0.25) is 0 Å². The fourth-order valence-corrected chi connectivity index (χ4v) is 2.03. The number of halogens is 1. The third-order valence-electron chi connectivity index (χ3n) is 2.58. The summed E-state index contributed by atoms with van der Waals surface area (Å²) in [5.74, 6) is 1.85. The third kappa shape index (κ3) is 2.00. The molecule has 0 amide bonds. The second-order valence-corrected chi connectivity index (χ2v) is 3.93. The molecular weight excluding hydrogens is 208 g/mol. The Balaban J connectivity index is 2.44. The van der Waals surface area contributed by atoms with Crippen LogP contribution in [0.15, 0.2) is 24.3 Å². The van der Waals surface area contributed by atoms with Crippen LogP contribution in [-0.2, 0) is 13.0 Å². The molecule has 1 heterocycles. The average Bonchev–Trinajstić information content (AvgIpc) is 2.63. The van der Waals surface area contributed by atoms with Gasteiger partial charge in [-0.3, -0.25) is 0 Å². The number of nitrogens with zero attached hydrogens (tertiary/aromatic N) is 2. The lowest BCUT2D eigenvalue weighted by molar-refractivity contribution is 0.702. The summed E-state index contributed by atoms with van der Waals surface area (Å²) in [4.78, 5) is 4.63. The molecule has 0 aliphatic carbocycles. The van der Waals surface area contributed by atoms with Gasteiger partial charge in [0.05, 0.1) is 11.0 Å². The van der Waals surface area contributed by atoms with E-state index >= 15 is 0 Å². The van der Waals surface area contributed by atoms with E-state index in [1.165, 1.54) is 5.52 Å².